The molecule has 0 bridgehead atoms. The second-order valence-electron chi connectivity index (χ2n) is 4.60. The number of nitrogens with zero attached hydrogens (tertiary/aromatic N) is 1. The van der Waals surface area contributed by atoms with Crippen LogP contribution in [0.5, 0.6) is 5.75 Å². The van der Waals surface area contributed by atoms with Crippen LogP contribution in [-0.4, -0.2) is 9.97 Å². The van der Waals surface area contributed by atoms with E-state index in [0.717, 1.165) is 29.3 Å². The van der Waals surface area contributed by atoms with E-state index >= 15 is 0 Å². The molecule has 18 heavy (non-hydrogen) atoms. The van der Waals surface area contributed by atoms with Crippen molar-refractivity contribution in [3.8, 4) is 5.75 Å². The maximum absolute atomic E-state index is 5.90. The van der Waals surface area contributed by atoms with Gasteiger partial charge in [0.1, 0.15) is 16.2 Å². The number of benzene rings is 1. The van der Waals surface area contributed by atoms with Gasteiger partial charge < -0.3 is 9.72 Å². The molecule has 2 heterocycles. The number of ether oxygens (including phenoxy) is 1. The number of H-pyrrole nitrogens is 1. The summed E-state index contributed by atoms with van der Waals surface area (Å²) in [6.07, 6.45) is 0.792. The van der Waals surface area contributed by atoms with Crippen molar-refractivity contribution in [2.45, 2.75) is 26.4 Å². The Kier molecular flexibility index (Phi) is 2.67. The van der Waals surface area contributed by atoms with Crippen molar-refractivity contribution in [3.05, 3.63) is 51.6 Å². The van der Waals surface area contributed by atoms with E-state index in [1.807, 2.05) is 32.0 Å². The van der Waals surface area contributed by atoms with Crippen molar-refractivity contribution in [1.82, 2.24) is 9.97 Å². The number of rotatable bonds is 1. The molecule has 0 spiro atoms. The van der Waals surface area contributed by atoms with Crippen LogP contribution in [0.2, 0.25) is 0 Å². The summed E-state index contributed by atoms with van der Waals surface area (Å²) in [5.74, 6) is 1.76. The molecular weight excluding hydrogens is 244 g/mol. The molecule has 0 fully saturated rings. The highest BCUT2D eigenvalue weighted by molar-refractivity contribution is 7.71. The lowest BCUT2D eigenvalue weighted by Crippen LogP contribution is -2.10. The molecule has 2 aromatic rings. The molecule has 3 nitrogen and oxygen atoms in total. The van der Waals surface area contributed by atoms with E-state index in [1.165, 1.54) is 5.56 Å². The predicted molar refractivity (Wildman–Crippen MR) is 72.4 cm³/mol. The maximum Gasteiger partial charge on any atom is 0.160 e. The first-order valence-electron chi connectivity index (χ1n) is 5.97. The van der Waals surface area contributed by atoms with E-state index in [1.54, 1.807) is 0 Å². The van der Waals surface area contributed by atoms with Gasteiger partial charge in [0.15, 0.2) is 6.10 Å². The third-order valence-corrected chi connectivity index (χ3v) is 3.77. The van der Waals surface area contributed by atoms with E-state index in [4.69, 9.17) is 17.0 Å². The minimum Gasteiger partial charge on any atom is -0.482 e. The monoisotopic (exact) mass is 258 g/mol. The molecular formula is C14H14N2OS. The highest BCUT2D eigenvalue weighted by Gasteiger charge is 2.25. The van der Waals surface area contributed by atoms with Crippen LogP contribution in [0.1, 0.15) is 28.7 Å². The van der Waals surface area contributed by atoms with Crippen molar-refractivity contribution in [2.24, 2.45) is 0 Å². The quantitative estimate of drug-likeness (QED) is 0.796. The maximum atomic E-state index is 5.90. The Morgan fingerprint density at radius 1 is 1.33 bits per heavy atom. The summed E-state index contributed by atoms with van der Waals surface area (Å²) in [5.41, 5.74) is 3.32. The highest BCUT2D eigenvalue weighted by Crippen LogP contribution is 2.35. The fraction of sp³-hybridized carbons (Fsp3) is 0.286. The first-order chi connectivity index (χ1) is 8.65. The van der Waals surface area contributed by atoms with Crippen LogP contribution in [0.25, 0.3) is 0 Å². The van der Waals surface area contributed by atoms with Gasteiger partial charge in [-0.25, -0.2) is 4.98 Å². The van der Waals surface area contributed by atoms with E-state index in [-0.39, 0.29) is 6.10 Å². The summed E-state index contributed by atoms with van der Waals surface area (Å²) in [4.78, 5) is 7.72. The number of hydrogen-bond donors (Lipinski definition) is 1. The predicted octanol–water partition coefficient (Wildman–Crippen LogP) is 3.43. The fourth-order valence-electron chi connectivity index (χ4n) is 2.15. The van der Waals surface area contributed by atoms with Gasteiger partial charge >= 0.3 is 0 Å². The molecule has 92 valence electrons. The van der Waals surface area contributed by atoms with Gasteiger partial charge in [0.25, 0.3) is 0 Å². The number of aryl methyl sites for hydroxylation is 1. The third kappa shape index (κ3) is 1.82. The molecule has 3 rings (SSSR count). The van der Waals surface area contributed by atoms with Gasteiger partial charge in [0.05, 0.1) is 0 Å². The van der Waals surface area contributed by atoms with Crippen LogP contribution in [-0.2, 0) is 6.42 Å². The molecule has 0 amide bonds. The molecule has 1 aromatic heterocycles. The first-order valence-corrected chi connectivity index (χ1v) is 6.38. The summed E-state index contributed by atoms with van der Waals surface area (Å²) < 4.78 is 6.56. The summed E-state index contributed by atoms with van der Waals surface area (Å²) in [6, 6.07) is 8.09. The minimum atomic E-state index is -0.0524. The molecule has 0 saturated carbocycles. The first kappa shape index (κ1) is 11.4. The van der Waals surface area contributed by atoms with E-state index in [2.05, 4.69) is 16.0 Å². The molecule has 4 heteroatoms. The summed E-state index contributed by atoms with van der Waals surface area (Å²) in [6.45, 7) is 3.99. The summed E-state index contributed by atoms with van der Waals surface area (Å²) in [5, 5.41) is 0. The van der Waals surface area contributed by atoms with Crippen molar-refractivity contribution in [3.63, 3.8) is 0 Å². The average molecular weight is 258 g/mol. The van der Waals surface area contributed by atoms with E-state index in [9.17, 15) is 0 Å². The number of fused-ring (bicyclic) bond motifs is 1. The lowest BCUT2D eigenvalue weighted by molar-refractivity contribution is 0.227. The zero-order chi connectivity index (χ0) is 12.7. The third-order valence-electron chi connectivity index (χ3n) is 3.37. The molecule has 1 unspecified atom stereocenters. The topological polar surface area (TPSA) is 37.9 Å². The Bertz CT molecular complexity index is 638. The molecule has 0 aliphatic carbocycles. The van der Waals surface area contributed by atoms with Crippen LogP contribution < -0.4 is 4.74 Å². The van der Waals surface area contributed by atoms with Gasteiger partial charge in [-0.3, -0.25) is 0 Å². The zero-order valence-electron chi connectivity index (χ0n) is 10.4. The molecule has 1 aromatic carbocycles. The summed E-state index contributed by atoms with van der Waals surface area (Å²) >= 11 is 5.26. The van der Waals surface area contributed by atoms with Gasteiger partial charge in [-0.1, -0.05) is 30.4 Å². The van der Waals surface area contributed by atoms with Crippen molar-refractivity contribution in [2.75, 3.05) is 0 Å². The molecule has 0 saturated heterocycles. The van der Waals surface area contributed by atoms with E-state index < -0.39 is 0 Å². The van der Waals surface area contributed by atoms with Crippen molar-refractivity contribution < 1.29 is 4.74 Å². The molecule has 1 atom stereocenters. The Balaban J connectivity index is 1.98. The lowest BCUT2D eigenvalue weighted by atomic mass is 10.1. The van der Waals surface area contributed by atoms with Gasteiger partial charge in [0, 0.05) is 17.7 Å². The van der Waals surface area contributed by atoms with Gasteiger partial charge in [-0.15, -0.1) is 0 Å². The fourth-order valence-corrected chi connectivity index (χ4v) is 2.41. The van der Waals surface area contributed by atoms with Crippen molar-refractivity contribution >= 4 is 12.2 Å². The molecule has 1 aliphatic rings. The van der Waals surface area contributed by atoms with Crippen LogP contribution in [0.4, 0.5) is 0 Å². The number of aromatic amines is 1. The van der Waals surface area contributed by atoms with Crippen LogP contribution in [0.3, 0.4) is 0 Å². The SMILES string of the molecule is Cc1[nH]c(C2Cc3ccccc3O2)nc(=S)c1C. The average Bonchev–Trinajstić information content (AvgIpc) is 2.79. The van der Waals surface area contributed by atoms with Crippen LogP contribution in [0, 0.1) is 18.5 Å². The van der Waals surface area contributed by atoms with Crippen molar-refractivity contribution in [1.29, 1.82) is 0 Å². The Hall–Kier alpha value is -1.68. The van der Waals surface area contributed by atoms with Gasteiger partial charge in [-0.05, 0) is 25.5 Å². The summed E-state index contributed by atoms with van der Waals surface area (Å²) in [7, 11) is 0. The van der Waals surface area contributed by atoms with Crippen LogP contribution in [0.15, 0.2) is 24.3 Å². The molecule has 1 aliphatic heterocycles. The largest absolute Gasteiger partial charge is 0.482 e. The zero-order valence-corrected chi connectivity index (χ0v) is 11.2. The van der Waals surface area contributed by atoms with Gasteiger partial charge in [0.2, 0.25) is 0 Å². The Labute approximate surface area is 111 Å². The second-order valence-corrected chi connectivity index (χ2v) is 4.98. The standard InChI is InChI=1S/C14H14N2OS/c1-8-9(2)15-13(16-14(8)18)12-7-10-5-3-4-6-11(10)17-12/h3-6,12H,7H2,1-2H3,(H,15,16,18). The highest BCUT2D eigenvalue weighted by atomic mass is 32.1. The Morgan fingerprint density at radius 3 is 2.83 bits per heavy atom. The number of hydrogen-bond acceptors (Lipinski definition) is 3. The molecule has 0 radical (unpaired) electrons. The number of para-hydroxylation sites is 1. The second kappa shape index (κ2) is 4.21. The van der Waals surface area contributed by atoms with E-state index in [0.29, 0.717) is 4.64 Å². The van der Waals surface area contributed by atoms with Crippen LogP contribution >= 0.6 is 12.2 Å². The normalized spacial score (nSPS) is 17.3. The molecule has 1 N–H and O–H groups in total. The smallest absolute Gasteiger partial charge is 0.160 e. The lowest BCUT2D eigenvalue weighted by Gasteiger charge is -2.12. The Morgan fingerprint density at radius 2 is 2.11 bits per heavy atom. The minimum absolute atomic E-state index is 0.0524. The number of nitrogens with one attached hydrogen (secondary N) is 1. The van der Waals surface area contributed by atoms with Gasteiger partial charge in [-0.2, -0.15) is 0 Å². The number of aromatic nitrogens is 2.